The van der Waals surface area contributed by atoms with Crippen molar-refractivity contribution >= 4 is 11.0 Å². The topological polar surface area (TPSA) is 17.8 Å². The van der Waals surface area contributed by atoms with E-state index in [1.54, 1.807) is 0 Å². The minimum atomic E-state index is 1.11. The molecule has 0 N–H and O–H groups in total. The molecular formula is C24H40N2. The Bertz CT molecular complexity index is 626. The van der Waals surface area contributed by atoms with Crippen molar-refractivity contribution in [2.45, 2.75) is 104 Å². The highest BCUT2D eigenvalue weighted by Crippen LogP contribution is 2.20. The van der Waals surface area contributed by atoms with Crippen LogP contribution in [0.15, 0.2) is 18.2 Å². The van der Waals surface area contributed by atoms with Crippen LogP contribution in [0.5, 0.6) is 0 Å². The normalized spacial score (nSPS) is 11.5. The predicted molar refractivity (Wildman–Crippen MR) is 115 cm³/mol. The first kappa shape index (κ1) is 21.0. The lowest BCUT2D eigenvalue weighted by atomic mass is 10.0. The van der Waals surface area contributed by atoms with Crippen LogP contribution in [0.25, 0.3) is 11.0 Å². The predicted octanol–water partition coefficient (Wildman–Crippen LogP) is 7.52. The molecule has 0 bridgehead atoms. The van der Waals surface area contributed by atoms with Crippen LogP contribution >= 0.6 is 0 Å². The summed E-state index contributed by atoms with van der Waals surface area (Å²) in [5, 5.41) is 0. The number of aryl methyl sites for hydroxylation is 3. The monoisotopic (exact) mass is 356 g/mol. The molecule has 0 aliphatic carbocycles. The summed E-state index contributed by atoms with van der Waals surface area (Å²) in [5.74, 6) is 1.25. The van der Waals surface area contributed by atoms with Gasteiger partial charge in [0, 0.05) is 13.5 Å². The number of aromatic nitrogens is 2. The van der Waals surface area contributed by atoms with Gasteiger partial charge in [0.25, 0.3) is 0 Å². The Balaban J connectivity index is 1.50. The number of fused-ring (bicyclic) bond motifs is 1. The van der Waals surface area contributed by atoms with Gasteiger partial charge in [-0.3, -0.25) is 0 Å². The van der Waals surface area contributed by atoms with Gasteiger partial charge >= 0.3 is 0 Å². The molecule has 0 aliphatic rings. The summed E-state index contributed by atoms with van der Waals surface area (Å²) in [6, 6.07) is 6.47. The van der Waals surface area contributed by atoms with Gasteiger partial charge in [0.15, 0.2) is 0 Å². The van der Waals surface area contributed by atoms with E-state index in [1.165, 1.54) is 106 Å². The zero-order chi connectivity index (χ0) is 18.6. The number of hydrogen-bond donors (Lipinski definition) is 0. The van der Waals surface area contributed by atoms with E-state index in [0.717, 1.165) is 6.42 Å². The molecule has 2 nitrogen and oxygen atoms in total. The van der Waals surface area contributed by atoms with Gasteiger partial charge in [-0.15, -0.1) is 0 Å². The molecular weight excluding hydrogens is 316 g/mol. The number of imidazole rings is 1. The first-order valence-electron chi connectivity index (χ1n) is 11.1. The third-order valence-electron chi connectivity index (χ3n) is 5.71. The average Bonchev–Trinajstić information content (AvgIpc) is 2.97. The molecule has 0 atom stereocenters. The molecule has 0 fully saturated rings. The van der Waals surface area contributed by atoms with E-state index < -0.39 is 0 Å². The second kappa shape index (κ2) is 12.1. The SMILES string of the molecule is CCCCCCCCCCCCCCCc1nc2c(C)cccc2n1C. The van der Waals surface area contributed by atoms with E-state index in [-0.39, 0.29) is 0 Å². The molecule has 2 heteroatoms. The zero-order valence-electron chi connectivity index (χ0n) is 17.5. The highest BCUT2D eigenvalue weighted by Gasteiger charge is 2.08. The van der Waals surface area contributed by atoms with Crippen molar-refractivity contribution in [2.24, 2.45) is 7.05 Å². The van der Waals surface area contributed by atoms with Crippen molar-refractivity contribution in [1.82, 2.24) is 9.55 Å². The van der Waals surface area contributed by atoms with Crippen LogP contribution in [0.4, 0.5) is 0 Å². The third kappa shape index (κ3) is 6.78. The number of rotatable bonds is 14. The number of hydrogen-bond acceptors (Lipinski definition) is 1. The van der Waals surface area contributed by atoms with E-state index >= 15 is 0 Å². The number of benzene rings is 1. The highest BCUT2D eigenvalue weighted by atomic mass is 15.1. The molecule has 0 spiro atoms. The van der Waals surface area contributed by atoms with Gasteiger partial charge in [-0.2, -0.15) is 0 Å². The molecule has 0 radical (unpaired) electrons. The Morgan fingerprint density at radius 2 is 1.31 bits per heavy atom. The minimum absolute atomic E-state index is 1.11. The van der Waals surface area contributed by atoms with Crippen LogP contribution in [0.2, 0.25) is 0 Å². The summed E-state index contributed by atoms with van der Waals surface area (Å²) < 4.78 is 2.28. The van der Waals surface area contributed by atoms with Crippen LogP contribution in [0, 0.1) is 6.92 Å². The van der Waals surface area contributed by atoms with Crippen molar-refractivity contribution in [1.29, 1.82) is 0 Å². The standard InChI is InChI=1S/C24H40N2/c1-4-5-6-7-8-9-10-11-12-13-14-15-16-20-23-25-24-21(2)18-17-19-22(24)26(23)3/h17-19H,4-16,20H2,1-3H3. The quantitative estimate of drug-likeness (QED) is 0.320. The summed E-state index contributed by atoms with van der Waals surface area (Å²) in [6.07, 6.45) is 19.4. The van der Waals surface area contributed by atoms with Crippen molar-refractivity contribution in [3.8, 4) is 0 Å². The summed E-state index contributed by atoms with van der Waals surface area (Å²) >= 11 is 0. The molecule has 146 valence electrons. The average molecular weight is 357 g/mol. The van der Waals surface area contributed by atoms with Gasteiger partial charge < -0.3 is 4.57 Å². The second-order valence-electron chi connectivity index (χ2n) is 8.02. The molecule has 2 rings (SSSR count). The Morgan fingerprint density at radius 1 is 0.769 bits per heavy atom. The summed E-state index contributed by atoms with van der Waals surface area (Å²) in [7, 11) is 2.16. The fraction of sp³-hybridized carbons (Fsp3) is 0.708. The maximum absolute atomic E-state index is 4.87. The van der Waals surface area contributed by atoms with Crippen LogP contribution < -0.4 is 0 Å². The van der Waals surface area contributed by atoms with Crippen molar-refractivity contribution in [3.63, 3.8) is 0 Å². The lowest BCUT2D eigenvalue weighted by Crippen LogP contribution is -1.97. The second-order valence-corrected chi connectivity index (χ2v) is 8.02. The maximum atomic E-state index is 4.87. The molecule has 0 aliphatic heterocycles. The van der Waals surface area contributed by atoms with E-state index in [2.05, 4.69) is 43.7 Å². The molecule has 1 aromatic carbocycles. The van der Waals surface area contributed by atoms with Gasteiger partial charge in [0.05, 0.1) is 11.0 Å². The number of para-hydroxylation sites is 1. The summed E-state index contributed by atoms with van der Waals surface area (Å²) in [5.41, 5.74) is 3.74. The van der Waals surface area contributed by atoms with Crippen LogP contribution in [0.1, 0.15) is 102 Å². The number of nitrogens with zero attached hydrogens (tertiary/aromatic N) is 2. The lowest BCUT2D eigenvalue weighted by Gasteiger charge is -2.04. The molecule has 1 aromatic heterocycles. The molecule has 0 saturated carbocycles. The summed E-state index contributed by atoms with van der Waals surface area (Å²) in [4.78, 5) is 4.87. The highest BCUT2D eigenvalue weighted by molar-refractivity contribution is 5.79. The summed E-state index contributed by atoms with van der Waals surface area (Å²) in [6.45, 7) is 4.45. The lowest BCUT2D eigenvalue weighted by molar-refractivity contribution is 0.537. The molecule has 0 saturated heterocycles. The molecule has 2 aromatic rings. The van der Waals surface area contributed by atoms with Gasteiger partial charge in [-0.05, 0) is 25.0 Å². The molecule has 0 amide bonds. The largest absolute Gasteiger partial charge is 0.331 e. The van der Waals surface area contributed by atoms with Gasteiger partial charge in [-0.1, -0.05) is 96.1 Å². The molecule has 1 heterocycles. The molecule has 26 heavy (non-hydrogen) atoms. The van der Waals surface area contributed by atoms with Crippen molar-refractivity contribution < 1.29 is 0 Å². The first-order chi connectivity index (χ1) is 12.7. The molecule has 0 unspecified atom stereocenters. The van der Waals surface area contributed by atoms with E-state index in [0.29, 0.717) is 0 Å². The number of unbranched alkanes of at least 4 members (excludes halogenated alkanes) is 12. The van der Waals surface area contributed by atoms with E-state index in [4.69, 9.17) is 4.98 Å². The van der Waals surface area contributed by atoms with Gasteiger partial charge in [0.2, 0.25) is 0 Å². The van der Waals surface area contributed by atoms with Crippen LogP contribution in [-0.4, -0.2) is 9.55 Å². The van der Waals surface area contributed by atoms with Crippen molar-refractivity contribution in [3.05, 3.63) is 29.6 Å². The first-order valence-corrected chi connectivity index (χ1v) is 11.1. The van der Waals surface area contributed by atoms with E-state index in [9.17, 15) is 0 Å². The Labute approximate surface area is 161 Å². The fourth-order valence-corrected chi connectivity index (χ4v) is 3.93. The Morgan fingerprint density at radius 3 is 1.85 bits per heavy atom. The fourth-order valence-electron chi connectivity index (χ4n) is 3.93. The van der Waals surface area contributed by atoms with Crippen LogP contribution in [0.3, 0.4) is 0 Å². The van der Waals surface area contributed by atoms with Crippen molar-refractivity contribution in [2.75, 3.05) is 0 Å². The smallest absolute Gasteiger partial charge is 0.109 e. The zero-order valence-corrected chi connectivity index (χ0v) is 17.5. The van der Waals surface area contributed by atoms with Crippen LogP contribution in [-0.2, 0) is 13.5 Å². The maximum Gasteiger partial charge on any atom is 0.109 e. The minimum Gasteiger partial charge on any atom is -0.331 e. The van der Waals surface area contributed by atoms with Gasteiger partial charge in [-0.25, -0.2) is 4.98 Å². The Kier molecular flexibility index (Phi) is 9.81. The van der Waals surface area contributed by atoms with Gasteiger partial charge in [0.1, 0.15) is 5.82 Å². The third-order valence-corrected chi connectivity index (χ3v) is 5.71. The van der Waals surface area contributed by atoms with E-state index in [1.807, 2.05) is 0 Å². The Hall–Kier alpha value is -1.31.